The van der Waals surface area contributed by atoms with Gasteiger partial charge in [0.1, 0.15) is 16.7 Å². The van der Waals surface area contributed by atoms with Crippen LogP contribution in [-0.2, 0) is 6.42 Å². The molecule has 0 aliphatic rings. The van der Waals surface area contributed by atoms with Gasteiger partial charge >= 0.3 is 0 Å². The van der Waals surface area contributed by atoms with Crippen LogP contribution in [0.25, 0.3) is 16.7 Å². The molecule has 0 spiro atoms. The van der Waals surface area contributed by atoms with Crippen molar-refractivity contribution in [2.45, 2.75) is 51.9 Å². The SMILES string of the molecule is CCCCCCCCc1ccc(-n2nc3ccccc3n2)c(O)c1O. The highest BCUT2D eigenvalue weighted by Gasteiger charge is 2.15. The average Bonchev–Trinajstić information content (AvgIpc) is 3.05. The molecule has 0 saturated carbocycles. The molecule has 0 amide bonds. The summed E-state index contributed by atoms with van der Waals surface area (Å²) in [6.07, 6.45) is 7.94. The lowest BCUT2D eigenvalue weighted by molar-refractivity contribution is 0.395. The third kappa shape index (κ3) is 3.92. The molecule has 2 N–H and O–H groups in total. The predicted molar refractivity (Wildman–Crippen MR) is 99.3 cm³/mol. The van der Waals surface area contributed by atoms with Gasteiger partial charge in [-0.3, -0.25) is 0 Å². The zero-order valence-corrected chi connectivity index (χ0v) is 14.6. The summed E-state index contributed by atoms with van der Waals surface area (Å²) in [5.74, 6) is -0.226. The third-order valence-corrected chi connectivity index (χ3v) is 4.52. The Hall–Kier alpha value is -2.56. The lowest BCUT2D eigenvalue weighted by Gasteiger charge is -2.10. The minimum absolute atomic E-state index is 0.0626. The molecule has 0 fully saturated rings. The van der Waals surface area contributed by atoms with Gasteiger partial charge in [0.2, 0.25) is 0 Å². The summed E-state index contributed by atoms with van der Waals surface area (Å²) in [4.78, 5) is 1.37. The van der Waals surface area contributed by atoms with Gasteiger partial charge in [0.25, 0.3) is 0 Å². The summed E-state index contributed by atoms with van der Waals surface area (Å²) in [6.45, 7) is 2.21. The minimum atomic E-state index is -0.163. The Morgan fingerprint density at radius 2 is 1.44 bits per heavy atom. The molecule has 0 aliphatic heterocycles. The Morgan fingerprint density at radius 1 is 0.800 bits per heavy atom. The van der Waals surface area contributed by atoms with Gasteiger partial charge in [0.15, 0.2) is 11.5 Å². The number of phenolic OH excluding ortho intramolecular Hbond substituents is 2. The van der Waals surface area contributed by atoms with E-state index in [1.807, 2.05) is 30.3 Å². The number of aryl methyl sites for hydroxylation is 1. The standard InChI is InChI=1S/C20H25N3O2/c1-2-3-4-5-6-7-10-15-13-14-18(20(25)19(15)24)23-21-16-11-8-9-12-17(16)22-23/h8-9,11-14,24-25H,2-7,10H2,1H3. The van der Waals surface area contributed by atoms with Gasteiger partial charge in [-0.25, -0.2) is 0 Å². The van der Waals surface area contributed by atoms with Crippen LogP contribution >= 0.6 is 0 Å². The van der Waals surface area contributed by atoms with Crippen LogP contribution in [0, 0.1) is 0 Å². The molecule has 0 aliphatic carbocycles. The number of hydrogen-bond donors (Lipinski definition) is 2. The maximum atomic E-state index is 10.4. The number of aromatic nitrogens is 3. The second-order valence-corrected chi connectivity index (χ2v) is 6.44. The number of benzene rings is 2. The van der Waals surface area contributed by atoms with Crippen LogP contribution in [0.1, 0.15) is 51.0 Å². The van der Waals surface area contributed by atoms with Gasteiger partial charge in [0.05, 0.1) is 0 Å². The number of nitrogens with zero attached hydrogens (tertiary/aromatic N) is 3. The van der Waals surface area contributed by atoms with Crippen LogP contribution < -0.4 is 0 Å². The smallest absolute Gasteiger partial charge is 0.185 e. The molecule has 0 bridgehead atoms. The second kappa shape index (κ2) is 8.01. The van der Waals surface area contributed by atoms with E-state index in [9.17, 15) is 10.2 Å². The highest BCUT2D eigenvalue weighted by atomic mass is 16.3. The average molecular weight is 339 g/mol. The summed E-state index contributed by atoms with van der Waals surface area (Å²) in [6, 6.07) is 11.1. The van der Waals surface area contributed by atoms with E-state index in [2.05, 4.69) is 17.1 Å². The topological polar surface area (TPSA) is 71.2 Å². The normalized spacial score (nSPS) is 11.2. The first-order chi connectivity index (χ1) is 12.2. The number of rotatable bonds is 8. The Kier molecular flexibility index (Phi) is 5.53. The molecule has 2 aromatic carbocycles. The van der Waals surface area contributed by atoms with Crippen molar-refractivity contribution in [3.8, 4) is 17.2 Å². The van der Waals surface area contributed by atoms with Gasteiger partial charge in [-0.15, -0.1) is 15.0 Å². The van der Waals surface area contributed by atoms with Gasteiger partial charge in [-0.2, -0.15) is 0 Å². The Morgan fingerprint density at radius 3 is 2.12 bits per heavy atom. The highest BCUT2D eigenvalue weighted by Crippen LogP contribution is 2.35. The molecule has 0 saturated heterocycles. The lowest BCUT2D eigenvalue weighted by Crippen LogP contribution is -2.00. The minimum Gasteiger partial charge on any atom is -0.504 e. The van der Waals surface area contributed by atoms with Crippen LogP contribution in [0.4, 0.5) is 0 Å². The number of hydrogen-bond acceptors (Lipinski definition) is 4. The van der Waals surface area contributed by atoms with E-state index in [1.54, 1.807) is 6.07 Å². The molecule has 0 radical (unpaired) electrons. The lowest BCUT2D eigenvalue weighted by atomic mass is 10.0. The largest absolute Gasteiger partial charge is 0.504 e. The van der Waals surface area contributed by atoms with Crippen molar-refractivity contribution in [1.82, 2.24) is 15.0 Å². The van der Waals surface area contributed by atoms with E-state index in [-0.39, 0.29) is 11.5 Å². The Labute approximate surface area is 147 Å². The van der Waals surface area contributed by atoms with Crippen molar-refractivity contribution in [2.24, 2.45) is 0 Å². The fourth-order valence-corrected chi connectivity index (χ4v) is 3.04. The highest BCUT2D eigenvalue weighted by molar-refractivity contribution is 5.73. The molecule has 1 heterocycles. The Balaban J connectivity index is 1.71. The molecular formula is C20H25N3O2. The van der Waals surface area contributed by atoms with Crippen molar-refractivity contribution in [2.75, 3.05) is 0 Å². The van der Waals surface area contributed by atoms with Crippen molar-refractivity contribution in [3.05, 3.63) is 42.0 Å². The van der Waals surface area contributed by atoms with Crippen LogP contribution in [0.3, 0.4) is 0 Å². The number of phenols is 2. The quantitative estimate of drug-likeness (QED) is 0.459. The maximum Gasteiger partial charge on any atom is 0.185 e. The fourth-order valence-electron chi connectivity index (χ4n) is 3.04. The summed E-state index contributed by atoms with van der Waals surface area (Å²) in [7, 11) is 0. The van der Waals surface area contributed by atoms with E-state index in [1.165, 1.54) is 30.5 Å². The van der Waals surface area contributed by atoms with Crippen LogP contribution in [0.15, 0.2) is 36.4 Å². The van der Waals surface area contributed by atoms with Crippen molar-refractivity contribution < 1.29 is 10.2 Å². The first-order valence-corrected chi connectivity index (χ1v) is 9.07. The van der Waals surface area contributed by atoms with E-state index in [0.717, 1.165) is 35.9 Å². The fraction of sp³-hybridized carbons (Fsp3) is 0.400. The molecular weight excluding hydrogens is 314 g/mol. The molecule has 25 heavy (non-hydrogen) atoms. The van der Waals surface area contributed by atoms with E-state index in [4.69, 9.17) is 0 Å². The van der Waals surface area contributed by atoms with Gasteiger partial charge in [-0.1, -0.05) is 57.2 Å². The van der Waals surface area contributed by atoms with Crippen molar-refractivity contribution in [1.29, 1.82) is 0 Å². The molecule has 1 aromatic heterocycles. The molecule has 3 rings (SSSR count). The monoisotopic (exact) mass is 339 g/mol. The summed E-state index contributed by atoms with van der Waals surface area (Å²) >= 11 is 0. The molecule has 3 aromatic rings. The first-order valence-electron chi connectivity index (χ1n) is 9.07. The summed E-state index contributed by atoms with van der Waals surface area (Å²) in [5, 5.41) is 29.4. The van der Waals surface area contributed by atoms with Crippen LogP contribution in [0.2, 0.25) is 0 Å². The van der Waals surface area contributed by atoms with Gasteiger partial charge < -0.3 is 10.2 Å². The number of unbranched alkanes of at least 4 members (excludes halogenated alkanes) is 5. The summed E-state index contributed by atoms with van der Waals surface area (Å²) in [5.41, 5.74) is 2.66. The van der Waals surface area contributed by atoms with Crippen LogP contribution in [-0.4, -0.2) is 25.2 Å². The van der Waals surface area contributed by atoms with Gasteiger partial charge in [-0.05, 0) is 36.6 Å². The zero-order chi connectivity index (χ0) is 17.6. The molecule has 0 atom stereocenters. The molecule has 132 valence electrons. The van der Waals surface area contributed by atoms with Crippen molar-refractivity contribution in [3.63, 3.8) is 0 Å². The number of fused-ring (bicyclic) bond motifs is 1. The zero-order valence-electron chi connectivity index (χ0n) is 14.6. The molecule has 0 unspecified atom stereocenters. The van der Waals surface area contributed by atoms with Crippen molar-refractivity contribution >= 4 is 11.0 Å². The van der Waals surface area contributed by atoms with E-state index < -0.39 is 0 Å². The van der Waals surface area contributed by atoms with E-state index in [0.29, 0.717) is 5.69 Å². The second-order valence-electron chi connectivity index (χ2n) is 6.44. The molecule has 5 nitrogen and oxygen atoms in total. The maximum absolute atomic E-state index is 10.4. The first kappa shape index (κ1) is 17.3. The number of aromatic hydroxyl groups is 2. The third-order valence-electron chi connectivity index (χ3n) is 4.52. The predicted octanol–water partition coefficient (Wildman–Crippen LogP) is 4.73. The van der Waals surface area contributed by atoms with E-state index >= 15 is 0 Å². The van der Waals surface area contributed by atoms with Crippen LogP contribution in [0.5, 0.6) is 11.5 Å². The van der Waals surface area contributed by atoms with Gasteiger partial charge in [0, 0.05) is 0 Å². The Bertz CT molecular complexity index is 809. The summed E-state index contributed by atoms with van der Waals surface area (Å²) < 4.78 is 0. The molecule has 5 heteroatoms.